The van der Waals surface area contributed by atoms with Crippen molar-refractivity contribution < 1.29 is 9.53 Å². The van der Waals surface area contributed by atoms with Gasteiger partial charge in [-0.05, 0) is 11.8 Å². The zero-order chi connectivity index (χ0) is 11.7. The van der Waals surface area contributed by atoms with E-state index < -0.39 is 0 Å². The number of rotatable bonds is 0. The number of carbonyl (C=O) groups excluding carboxylic acids is 1. The Hall–Kier alpha value is -0.680. The summed E-state index contributed by atoms with van der Waals surface area (Å²) in [5.41, 5.74) is 0. The molecule has 0 aromatic carbocycles. The third kappa shape index (κ3) is 2.31. The van der Waals surface area contributed by atoms with Crippen LogP contribution < -0.4 is 0 Å². The van der Waals surface area contributed by atoms with E-state index in [1.165, 1.54) is 0 Å². The topological polar surface area (TPSA) is 32.8 Å². The summed E-state index contributed by atoms with van der Waals surface area (Å²) in [6, 6.07) is 0.206. The lowest BCUT2D eigenvalue weighted by Crippen LogP contribution is -2.52. The highest BCUT2D eigenvalue weighted by Crippen LogP contribution is 2.35. The van der Waals surface area contributed by atoms with Gasteiger partial charge in [0.2, 0.25) is 0 Å². The Kier molecular flexibility index (Phi) is 3.29. The molecule has 3 rings (SSSR count). The van der Waals surface area contributed by atoms with E-state index in [2.05, 4.69) is 11.5 Å². The molecule has 3 aliphatic rings. The van der Waals surface area contributed by atoms with Crippen LogP contribution in [0.5, 0.6) is 0 Å². The Morgan fingerprint density at radius 3 is 2.88 bits per heavy atom. The molecule has 3 heterocycles. The number of hydrogen-bond acceptors (Lipinski definition) is 3. The lowest BCUT2D eigenvalue weighted by Gasteiger charge is -2.38. The quantitative estimate of drug-likeness (QED) is 0.655. The second-order valence-electron chi connectivity index (χ2n) is 4.78. The number of urea groups is 1. The fourth-order valence-corrected chi connectivity index (χ4v) is 3.80. The molecule has 0 aromatic heterocycles. The predicted molar refractivity (Wildman–Crippen MR) is 68.0 cm³/mol. The van der Waals surface area contributed by atoms with Gasteiger partial charge in [-0.15, -0.1) is 11.8 Å². The molecule has 4 nitrogen and oxygen atoms in total. The third-order valence-electron chi connectivity index (χ3n) is 3.72. The van der Waals surface area contributed by atoms with Gasteiger partial charge in [0, 0.05) is 37.3 Å². The largest absolute Gasteiger partial charge is 0.378 e. The molecule has 2 amide bonds. The van der Waals surface area contributed by atoms with E-state index in [1.807, 2.05) is 21.6 Å². The minimum absolute atomic E-state index is 0.206. The van der Waals surface area contributed by atoms with Crippen molar-refractivity contribution in [3.8, 4) is 0 Å². The first-order valence-corrected chi connectivity index (χ1v) is 7.22. The summed E-state index contributed by atoms with van der Waals surface area (Å²) in [5, 5.41) is 2.90. The van der Waals surface area contributed by atoms with Crippen LogP contribution in [0.4, 0.5) is 4.79 Å². The smallest absolute Gasteiger partial charge is 0.320 e. The van der Waals surface area contributed by atoms with Crippen LogP contribution in [0.2, 0.25) is 0 Å². The van der Waals surface area contributed by atoms with Crippen molar-refractivity contribution in [1.82, 2.24) is 9.80 Å². The minimum Gasteiger partial charge on any atom is -0.378 e. The molecule has 0 aromatic rings. The minimum atomic E-state index is 0.206. The Morgan fingerprint density at radius 1 is 1.24 bits per heavy atom. The first kappa shape index (κ1) is 11.4. The van der Waals surface area contributed by atoms with E-state index in [0.717, 1.165) is 32.6 Å². The van der Waals surface area contributed by atoms with E-state index in [-0.39, 0.29) is 6.03 Å². The number of thioether (sulfide) groups is 1. The standard InChI is InChI=1S/C12H18N2O2S/c15-12(13-4-6-16-7-5-13)14-3-1-11-10(9-14)2-8-17-11/h2,8,10-11H,1,3-7,9H2. The summed E-state index contributed by atoms with van der Waals surface area (Å²) < 4.78 is 5.28. The van der Waals surface area contributed by atoms with E-state index in [0.29, 0.717) is 24.4 Å². The maximum atomic E-state index is 12.3. The molecular formula is C12H18N2O2S. The number of amides is 2. The zero-order valence-corrected chi connectivity index (χ0v) is 10.7. The van der Waals surface area contributed by atoms with Gasteiger partial charge >= 0.3 is 6.03 Å². The molecule has 2 saturated heterocycles. The highest BCUT2D eigenvalue weighted by Gasteiger charge is 2.34. The molecule has 17 heavy (non-hydrogen) atoms. The van der Waals surface area contributed by atoms with Gasteiger partial charge in [-0.1, -0.05) is 6.08 Å². The van der Waals surface area contributed by atoms with Gasteiger partial charge in [-0.25, -0.2) is 4.79 Å². The van der Waals surface area contributed by atoms with Gasteiger partial charge in [0.1, 0.15) is 0 Å². The van der Waals surface area contributed by atoms with Gasteiger partial charge in [-0.3, -0.25) is 0 Å². The lowest BCUT2D eigenvalue weighted by molar-refractivity contribution is 0.0406. The van der Waals surface area contributed by atoms with Crippen LogP contribution in [0.3, 0.4) is 0 Å². The molecule has 0 spiro atoms. The summed E-state index contributed by atoms with van der Waals surface area (Å²) in [6.07, 6.45) is 3.38. The molecule has 94 valence electrons. The molecule has 5 heteroatoms. The first-order valence-electron chi connectivity index (χ1n) is 6.28. The predicted octanol–water partition coefficient (Wildman–Crippen LogP) is 1.39. The number of fused-ring (bicyclic) bond motifs is 1. The second kappa shape index (κ2) is 4.90. The Bertz CT molecular complexity index is 328. The van der Waals surface area contributed by atoms with Gasteiger partial charge in [0.15, 0.2) is 0 Å². The number of hydrogen-bond donors (Lipinski definition) is 0. The van der Waals surface area contributed by atoms with Crippen molar-refractivity contribution in [3.63, 3.8) is 0 Å². The number of likely N-dealkylation sites (tertiary alicyclic amines) is 1. The van der Waals surface area contributed by atoms with Crippen LogP contribution >= 0.6 is 11.8 Å². The molecular weight excluding hydrogens is 236 g/mol. The third-order valence-corrected chi connectivity index (χ3v) is 4.97. The number of ether oxygens (including phenoxy) is 1. The summed E-state index contributed by atoms with van der Waals surface area (Å²) in [6.45, 7) is 4.65. The van der Waals surface area contributed by atoms with E-state index >= 15 is 0 Å². The number of nitrogens with zero attached hydrogens (tertiary/aromatic N) is 2. The molecule has 2 unspecified atom stereocenters. The molecule has 2 fully saturated rings. The van der Waals surface area contributed by atoms with Crippen molar-refractivity contribution in [1.29, 1.82) is 0 Å². The number of carbonyl (C=O) groups is 1. The average Bonchev–Trinajstić information content (AvgIpc) is 2.86. The maximum absolute atomic E-state index is 12.3. The van der Waals surface area contributed by atoms with Crippen LogP contribution in [0.15, 0.2) is 11.5 Å². The molecule has 0 bridgehead atoms. The normalized spacial score (nSPS) is 32.7. The van der Waals surface area contributed by atoms with Gasteiger partial charge in [0.25, 0.3) is 0 Å². The van der Waals surface area contributed by atoms with Crippen LogP contribution in [-0.2, 0) is 4.74 Å². The van der Waals surface area contributed by atoms with Gasteiger partial charge in [0.05, 0.1) is 13.2 Å². The number of piperidine rings is 1. The molecule has 3 aliphatic heterocycles. The van der Waals surface area contributed by atoms with Crippen LogP contribution in [-0.4, -0.2) is 60.5 Å². The fraction of sp³-hybridized carbons (Fsp3) is 0.750. The first-order chi connectivity index (χ1) is 8.34. The average molecular weight is 254 g/mol. The molecule has 0 saturated carbocycles. The lowest BCUT2D eigenvalue weighted by atomic mass is 9.98. The Labute approximate surface area is 106 Å². The monoisotopic (exact) mass is 254 g/mol. The zero-order valence-electron chi connectivity index (χ0n) is 9.88. The van der Waals surface area contributed by atoms with Crippen LogP contribution in [0, 0.1) is 5.92 Å². The van der Waals surface area contributed by atoms with Gasteiger partial charge < -0.3 is 14.5 Å². The van der Waals surface area contributed by atoms with Gasteiger partial charge in [-0.2, -0.15) is 0 Å². The number of morpholine rings is 1. The second-order valence-corrected chi connectivity index (χ2v) is 5.93. The van der Waals surface area contributed by atoms with Crippen molar-refractivity contribution in [3.05, 3.63) is 11.5 Å². The molecule has 0 aliphatic carbocycles. The van der Waals surface area contributed by atoms with E-state index in [1.54, 1.807) is 0 Å². The summed E-state index contributed by atoms with van der Waals surface area (Å²) in [5.74, 6) is 0.568. The van der Waals surface area contributed by atoms with E-state index in [9.17, 15) is 4.79 Å². The van der Waals surface area contributed by atoms with Crippen molar-refractivity contribution >= 4 is 17.8 Å². The Morgan fingerprint density at radius 2 is 2.06 bits per heavy atom. The maximum Gasteiger partial charge on any atom is 0.320 e. The summed E-state index contributed by atoms with van der Waals surface area (Å²) >= 11 is 1.92. The molecule has 0 radical (unpaired) electrons. The molecule has 0 N–H and O–H groups in total. The molecule has 2 atom stereocenters. The van der Waals surface area contributed by atoms with Crippen molar-refractivity contribution in [2.24, 2.45) is 5.92 Å². The summed E-state index contributed by atoms with van der Waals surface area (Å²) in [7, 11) is 0. The van der Waals surface area contributed by atoms with Crippen molar-refractivity contribution in [2.75, 3.05) is 39.4 Å². The fourth-order valence-electron chi connectivity index (χ4n) is 2.69. The highest BCUT2D eigenvalue weighted by atomic mass is 32.2. The SMILES string of the molecule is O=C(N1CCOCC1)N1CCC2SC=CC2C1. The van der Waals surface area contributed by atoms with E-state index in [4.69, 9.17) is 4.74 Å². The van der Waals surface area contributed by atoms with Crippen molar-refractivity contribution in [2.45, 2.75) is 11.7 Å². The van der Waals surface area contributed by atoms with Crippen LogP contribution in [0.25, 0.3) is 0 Å². The Balaban J connectivity index is 1.60. The van der Waals surface area contributed by atoms with Crippen LogP contribution in [0.1, 0.15) is 6.42 Å². The summed E-state index contributed by atoms with van der Waals surface area (Å²) in [4.78, 5) is 16.2. The highest BCUT2D eigenvalue weighted by molar-refractivity contribution is 8.03.